The SMILES string of the molecule is CCC(C)(C)NS(=O)(=O)c1n[nH]c(C)c1CO. The largest absolute Gasteiger partial charge is 0.392 e. The normalized spacial score (nSPS) is 13.0. The number of hydrogen-bond acceptors (Lipinski definition) is 4. The zero-order chi connectivity index (χ0) is 13.3. The monoisotopic (exact) mass is 261 g/mol. The number of aryl methyl sites for hydroxylation is 1. The minimum Gasteiger partial charge on any atom is -0.392 e. The Hall–Kier alpha value is -0.920. The van der Waals surface area contributed by atoms with Gasteiger partial charge >= 0.3 is 0 Å². The Kier molecular flexibility index (Phi) is 3.95. The van der Waals surface area contributed by atoms with E-state index in [1.807, 2.05) is 6.92 Å². The molecule has 0 fully saturated rings. The molecule has 0 saturated heterocycles. The predicted molar refractivity (Wildman–Crippen MR) is 63.9 cm³/mol. The maximum absolute atomic E-state index is 12.1. The highest BCUT2D eigenvalue weighted by Crippen LogP contribution is 2.19. The second-order valence-corrected chi connectivity index (χ2v) is 6.23. The van der Waals surface area contributed by atoms with Gasteiger partial charge in [0.2, 0.25) is 0 Å². The highest BCUT2D eigenvalue weighted by Gasteiger charge is 2.29. The van der Waals surface area contributed by atoms with E-state index in [2.05, 4.69) is 14.9 Å². The van der Waals surface area contributed by atoms with Gasteiger partial charge in [-0.05, 0) is 27.2 Å². The van der Waals surface area contributed by atoms with Crippen LogP contribution in [0.4, 0.5) is 0 Å². The summed E-state index contributed by atoms with van der Waals surface area (Å²) in [5.41, 5.74) is 0.324. The first-order valence-electron chi connectivity index (χ1n) is 5.42. The van der Waals surface area contributed by atoms with Gasteiger partial charge in [-0.25, -0.2) is 13.1 Å². The fourth-order valence-electron chi connectivity index (χ4n) is 1.32. The number of nitrogens with zero attached hydrogens (tertiary/aromatic N) is 1. The van der Waals surface area contributed by atoms with Crippen molar-refractivity contribution < 1.29 is 13.5 Å². The van der Waals surface area contributed by atoms with Crippen LogP contribution in [-0.4, -0.2) is 29.3 Å². The molecule has 0 atom stereocenters. The van der Waals surface area contributed by atoms with Crippen LogP contribution in [-0.2, 0) is 16.6 Å². The fraction of sp³-hybridized carbons (Fsp3) is 0.700. The minimum atomic E-state index is -3.70. The summed E-state index contributed by atoms with van der Waals surface area (Å²) in [4.78, 5) is 0. The van der Waals surface area contributed by atoms with Gasteiger partial charge in [-0.1, -0.05) is 6.92 Å². The fourth-order valence-corrected chi connectivity index (χ4v) is 3.00. The van der Waals surface area contributed by atoms with Crippen LogP contribution >= 0.6 is 0 Å². The van der Waals surface area contributed by atoms with E-state index < -0.39 is 15.6 Å². The van der Waals surface area contributed by atoms with Gasteiger partial charge in [-0.3, -0.25) is 5.10 Å². The minimum absolute atomic E-state index is 0.126. The Balaban J connectivity index is 3.14. The first kappa shape index (κ1) is 14.1. The molecular weight excluding hydrogens is 242 g/mol. The van der Waals surface area contributed by atoms with Crippen molar-refractivity contribution in [2.75, 3.05) is 0 Å². The highest BCUT2D eigenvalue weighted by molar-refractivity contribution is 7.89. The van der Waals surface area contributed by atoms with Crippen molar-refractivity contribution >= 4 is 10.0 Å². The average molecular weight is 261 g/mol. The second kappa shape index (κ2) is 4.75. The number of aromatic amines is 1. The quantitative estimate of drug-likeness (QED) is 0.726. The molecule has 0 bridgehead atoms. The lowest BCUT2D eigenvalue weighted by molar-refractivity contribution is 0.277. The summed E-state index contributed by atoms with van der Waals surface area (Å²) in [5.74, 6) is 0. The maximum Gasteiger partial charge on any atom is 0.260 e. The molecule has 1 aromatic heterocycles. The molecule has 6 nitrogen and oxygen atoms in total. The molecule has 0 spiro atoms. The van der Waals surface area contributed by atoms with Crippen molar-refractivity contribution in [3.63, 3.8) is 0 Å². The highest BCUT2D eigenvalue weighted by atomic mass is 32.2. The van der Waals surface area contributed by atoms with Gasteiger partial charge in [-0.2, -0.15) is 5.10 Å². The lowest BCUT2D eigenvalue weighted by Crippen LogP contribution is -2.43. The maximum atomic E-state index is 12.1. The number of aromatic nitrogens is 2. The van der Waals surface area contributed by atoms with Crippen molar-refractivity contribution in [3.05, 3.63) is 11.3 Å². The van der Waals surface area contributed by atoms with E-state index in [0.29, 0.717) is 17.7 Å². The van der Waals surface area contributed by atoms with Crippen molar-refractivity contribution in [2.45, 2.75) is 51.3 Å². The standard InChI is InChI=1S/C10H19N3O3S/c1-5-10(3,4)13-17(15,16)9-8(6-14)7(2)11-12-9/h13-14H,5-6H2,1-4H3,(H,11,12). The Labute approximate surface area is 101 Å². The summed E-state index contributed by atoms with van der Waals surface area (Å²) < 4.78 is 26.8. The molecule has 98 valence electrons. The summed E-state index contributed by atoms with van der Waals surface area (Å²) in [6.45, 7) is 6.80. The van der Waals surface area contributed by atoms with Gasteiger partial charge in [0.25, 0.3) is 10.0 Å². The van der Waals surface area contributed by atoms with Crippen LogP contribution in [0, 0.1) is 6.92 Å². The molecule has 0 unspecified atom stereocenters. The second-order valence-electron chi connectivity index (χ2n) is 4.63. The average Bonchev–Trinajstić information content (AvgIpc) is 2.58. The van der Waals surface area contributed by atoms with E-state index in [9.17, 15) is 8.42 Å². The third kappa shape index (κ3) is 3.05. The summed E-state index contributed by atoms with van der Waals surface area (Å²) in [6, 6.07) is 0. The summed E-state index contributed by atoms with van der Waals surface area (Å²) >= 11 is 0. The molecule has 0 aliphatic carbocycles. The van der Waals surface area contributed by atoms with E-state index in [-0.39, 0.29) is 11.6 Å². The number of sulfonamides is 1. The molecule has 1 heterocycles. The molecule has 0 saturated carbocycles. The van der Waals surface area contributed by atoms with E-state index in [4.69, 9.17) is 5.11 Å². The molecular formula is C10H19N3O3S. The van der Waals surface area contributed by atoms with E-state index >= 15 is 0 Å². The molecule has 0 aliphatic heterocycles. The molecule has 3 N–H and O–H groups in total. The van der Waals surface area contributed by atoms with Crippen molar-refractivity contribution in [1.82, 2.24) is 14.9 Å². The van der Waals surface area contributed by atoms with Crippen molar-refractivity contribution in [1.29, 1.82) is 0 Å². The van der Waals surface area contributed by atoms with Crippen molar-refractivity contribution in [3.8, 4) is 0 Å². The van der Waals surface area contributed by atoms with Gasteiger partial charge in [0, 0.05) is 16.8 Å². The van der Waals surface area contributed by atoms with Crippen molar-refractivity contribution in [2.24, 2.45) is 0 Å². The third-order valence-corrected chi connectivity index (χ3v) is 4.41. The number of aliphatic hydroxyl groups excluding tert-OH is 1. The summed E-state index contributed by atoms with van der Waals surface area (Å²) in [5, 5.41) is 15.3. The van der Waals surface area contributed by atoms with Crippen LogP contribution in [0.15, 0.2) is 5.03 Å². The third-order valence-electron chi connectivity index (χ3n) is 2.74. The molecule has 17 heavy (non-hydrogen) atoms. The van der Waals surface area contributed by atoms with E-state index in [0.717, 1.165) is 0 Å². The summed E-state index contributed by atoms with van der Waals surface area (Å²) in [6.07, 6.45) is 0.657. The summed E-state index contributed by atoms with van der Waals surface area (Å²) in [7, 11) is -3.70. The molecule has 0 aromatic carbocycles. The molecule has 0 amide bonds. The Bertz CT molecular complexity index is 491. The van der Waals surface area contributed by atoms with Crippen LogP contribution in [0.5, 0.6) is 0 Å². The zero-order valence-corrected chi connectivity index (χ0v) is 11.3. The predicted octanol–water partition coefficient (Wildman–Crippen LogP) is 0.677. The van der Waals surface area contributed by atoms with Gasteiger partial charge in [0.05, 0.1) is 6.61 Å². The first-order chi connectivity index (χ1) is 7.73. The molecule has 1 rings (SSSR count). The van der Waals surface area contributed by atoms with E-state index in [1.54, 1.807) is 20.8 Å². The number of hydrogen-bond donors (Lipinski definition) is 3. The smallest absolute Gasteiger partial charge is 0.260 e. The molecule has 7 heteroatoms. The molecule has 1 aromatic rings. The first-order valence-corrected chi connectivity index (χ1v) is 6.90. The lowest BCUT2D eigenvalue weighted by atomic mass is 10.0. The lowest BCUT2D eigenvalue weighted by Gasteiger charge is -2.23. The Morgan fingerprint density at radius 3 is 2.53 bits per heavy atom. The number of H-pyrrole nitrogens is 1. The van der Waals surface area contributed by atoms with Crippen LogP contribution in [0.25, 0.3) is 0 Å². The van der Waals surface area contributed by atoms with Gasteiger partial charge < -0.3 is 5.11 Å². The Morgan fingerprint density at radius 2 is 2.06 bits per heavy atom. The van der Waals surface area contributed by atoms with Gasteiger partial charge in [-0.15, -0.1) is 0 Å². The van der Waals surface area contributed by atoms with Crippen LogP contribution < -0.4 is 4.72 Å². The van der Waals surface area contributed by atoms with Gasteiger partial charge in [0.15, 0.2) is 5.03 Å². The van der Waals surface area contributed by atoms with E-state index in [1.165, 1.54) is 0 Å². The number of aliphatic hydroxyl groups is 1. The molecule has 0 radical (unpaired) electrons. The van der Waals surface area contributed by atoms with Crippen LogP contribution in [0.3, 0.4) is 0 Å². The molecule has 0 aliphatic rings. The van der Waals surface area contributed by atoms with Crippen LogP contribution in [0.2, 0.25) is 0 Å². The zero-order valence-electron chi connectivity index (χ0n) is 10.5. The Morgan fingerprint density at radius 1 is 1.47 bits per heavy atom. The topological polar surface area (TPSA) is 95.1 Å². The number of nitrogens with one attached hydrogen (secondary N) is 2. The van der Waals surface area contributed by atoms with Crippen LogP contribution in [0.1, 0.15) is 38.4 Å². The number of rotatable bonds is 5. The van der Waals surface area contributed by atoms with Gasteiger partial charge in [0.1, 0.15) is 0 Å².